The molecule has 5 rings (SSSR count). The van der Waals surface area contributed by atoms with Crippen molar-refractivity contribution in [3.05, 3.63) is 36.2 Å². The smallest absolute Gasteiger partial charge is 0.407 e. The average Bonchev–Trinajstić information content (AvgIpc) is 2.84. The SMILES string of the molecule is Cc1nc(N[C@H]2CC[C@H](NC(=O)OC(C)(C)C)CC2)nc2ccc(-c3ccnc4c3OCCO4)cc12. The summed E-state index contributed by atoms with van der Waals surface area (Å²) in [5, 5.41) is 7.48. The van der Waals surface area contributed by atoms with E-state index in [0.29, 0.717) is 30.8 Å². The lowest BCUT2D eigenvalue weighted by atomic mass is 9.91. The fourth-order valence-electron chi connectivity index (χ4n) is 4.73. The Morgan fingerprint density at radius 3 is 2.56 bits per heavy atom. The predicted octanol–water partition coefficient (Wildman–Crippen LogP) is 5.02. The van der Waals surface area contributed by atoms with E-state index in [-0.39, 0.29) is 18.2 Å². The van der Waals surface area contributed by atoms with Gasteiger partial charge in [-0.1, -0.05) is 6.07 Å². The molecule has 0 spiro atoms. The minimum absolute atomic E-state index is 0.129. The monoisotopic (exact) mass is 491 g/mol. The second kappa shape index (κ2) is 9.79. The summed E-state index contributed by atoms with van der Waals surface area (Å²) in [6.45, 7) is 8.63. The third-order valence-corrected chi connectivity index (χ3v) is 6.42. The molecule has 190 valence electrons. The maximum atomic E-state index is 12.1. The highest BCUT2D eigenvalue weighted by molar-refractivity contribution is 5.88. The Morgan fingerprint density at radius 1 is 1.03 bits per heavy atom. The van der Waals surface area contributed by atoms with Crippen LogP contribution in [0.1, 0.15) is 52.1 Å². The van der Waals surface area contributed by atoms with Gasteiger partial charge in [-0.25, -0.2) is 19.7 Å². The van der Waals surface area contributed by atoms with E-state index in [9.17, 15) is 4.79 Å². The van der Waals surface area contributed by atoms with E-state index in [0.717, 1.165) is 53.4 Å². The van der Waals surface area contributed by atoms with Crippen molar-refractivity contribution in [1.82, 2.24) is 20.3 Å². The first-order valence-electron chi connectivity index (χ1n) is 12.5. The molecule has 0 atom stereocenters. The number of aryl methyl sites for hydroxylation is 1. The van der Waals surface area contributed by atoms with Gasteiger partial charge in [0.1, 0.15) is 18.8 Å². The largest absolute Gasteiger partial charge is 0.484 e. The molecule has 1 fully saturated rings. The number of hydrogen-bond donors (Lipinski definition) is 2. The molecule has 2 N–H and O–H groups in total. The summed E-state index contributed by atoms with van der Waals surface area (Å²) in [5.41, 5.74) is 3.25. The molecule has 3 heterocycles. The number of nitrogens with zero attached hydrogens (tertiary/aromatic N) is 3. The quantitative estimate of drug-likeness (QED) is 0.524. The summed E-state index contributed by atoms with van der Waals surface area (Å²) < 4.78 is 16.9. The van der Waals surface area contributed by atoms with Gasteiger partial charge in [0.05, 0.1) is 11.2 Å². The summed E-state index contributed by atoms with van der Waals surface area (Å²) >= 11 is 0. The molecule has 1 aromatic carbocycles. The number of fused-ring (bicyclic) bond motifs is 2. The summed E-state index contributed by atoms with van der Waals surface area (Å²) in [6.07, 6.45) is 5.01. The Balaban J connectivity index is 1.26. The van der Waals surface area contributed by atoms with Gasteiger partial charge >= 0.3 is 6.09 Å². The van der Waals surface area contributed by atoms with Gasteiger partial charge in [0.15, 0.2) is 5.75 Å². The number of amides is 1. The number of ether oxygens (including phenoxy) is 3. The van der Waals surface area contributed by atoms with Crippen LogP contribution in [0.25, 0.3) is 22.0 Å². The van der Waals surface area contributed by atoms with E-state index in [1.807, 2.05) is 45.9 Å². The molecule has 9 heteroatoms. The lowest BCUT2D eigenvalue weighted by molar-refractivity contribution is 0.0492. The van der Waals surface area contributed by atoms with E-state index in [1.165, 1.54) is 0 Å². The van der Waals surface area contributed by atoms with Crippen LogP contribution in [0.5, 0.6) is 11.6 Å². The average molecular weight is 492 g/mol. The molecule has 1 amide bonds. The van der Waals surface area contributed by atoms with Crippen LogP contribution in [0.15, 0.2) is 30.5 Å². The van der Waals surface area contributed by atoms with Gasteiger partial charge in [-0.05, 0) is 77.1 Å². The summed E-state index contributed by atoms with van der Waals surface area (Å²) in [6, 6.07) is 8.48. The number of nitrogens with one attached hydrogen (secondary N) is 2. The van der Waals surface area contributed by atoms with Crippen molar-refractivity contribution in [2.45, 2.75) is 71.1 Å². The van der Waals surface area contributed by atoms with Crippen molar-refractivity contribution in [1.29, 1.82) is 0 Å². The highest BCUT2D eigenvalue weighted by atomic mass is 16.6. The minimum atomic E-state index is -0.491. The van der Waals surface area contributed by atoms with Crippen LogP contribution in [0.4, 0.5) is 10.7 Å². The fraction of sp³-hybridized carbons (Fsp3) is 0.481. The molecule has 9 nitrogen and oxygen atoms in total. The number of anilines is 1. The highest BCUT2D eigenvalue weighted by Crippen LogP contribution is 2.39. The predicted molar refractivity (Wildman–Crippen MR) is 138 cm³/mol. The van der Waals surface area contributed by atoms with Crippen LogP contribution < -0.4 is 20.1 Å². The van der Waals surface area contributed by atoms with Crippen molar-refractivity contribution in [2.75, 3.05) is 18.5 Å². The molecule has 0 radical (unpaired) electrons. The van der Waals surface area contributed by atoms with Crippen LogP contribution in [0.3, 0.4) is 0 Å². The molecule has 36 heavy (non-hydrogen) atoms. The zero-order chi connectivity index (χ0) is 25.3. The Bertz CT molecular complexity index is 1260. The second-order valence-corrected chi connectivity index (χ2v) is 10.4. The lowest BCUT2D eigenvalue weighted by Gasteiger charge is -2.30. The first-order valence-corrected chi connectivity index (χ1v) is 12.5. The van der Waals surface area contributed by atoms with Crippen molar-refractivity contribution >= 4 is 22.9 Å². The maximum Gasteiger partial charge on any atom is 0.407 e. The van der Waals surface area contributed by atoms with Gasteiger partial charge < -0.3 is 24.8 Å². The van der Waals surface area contributed by atoms with Crippen LogP contribution in [-0.2, 0) is 4.74 Å². The van der Waals surface area contributed by atoms with Crippen LogP contribution in [0, 0.1) is 6.92 Å². The van der Waals surface area contributed by atoms with Crippen molar-refractivity contribution < 1.29 is 19.0 Å². The van der Waals surface area contributed by atoms with Crippen LogP contribution >= 0.6 is 0 Å². The molecular formula is C27H33N5O4. The number of benzene rings is 1. The number of carbonyl (C=O) groups excluding carboxylic acids is 1. The molecule has 1 aliphatic carbocycles. The van der Waals surface area contributed by atoms with E-state index >= 15 is 0 Å². The Kier molecular flexibility index (Phi) is 6.55. The number of hydrogen-bond acceptors (Lipinski definition) is 8. The number of carbonyl (C=O) groups is 1. The fourth-order valence-corrected chi connectivity index (χ4v) is 4.73. The zero-order valence-corrected chi connectivity index (χ0v) is 21.3. The van der Waals surface area contributed by atoms with E-state index < -0.39 is 5.60 Å². The van der Waals surface area contributed by atoms with Gasteiger partial charge in [-0.15, -0.1) is 0 Å². The molecule has 2 aliphatic rings. The molecule has 3 aromatic rings. The summed E-state index contributed by atoms with van der Waals surface area (Å²) in [5.74, 6) is 1.84. The van der Waals surface area contributed by atoms with Crippen molar-refractivity contribution in [3.63, 3.8) is 0 Å². The number of alkyl carbamates (subject to hydrolysis) is 1. The minimum Gasteiger partial charge on any atom is -0.484 e. The van der Waals surface area contributed by atoms with Gasteiger partial charge in [-0.3, -0.25) is 0 Å². The van der Waals surface area contributed by atoms with Crippen LogP contribution in [-0.4, -0.2) is 51.9 Å². The molecule has 0 saturated heterocycles. The van der Waals surface area contributed by atoms with E-state index in [1.54, 1.807) is 6.20 Å². The molecule has 0 bridgehead atoms. The third-order valence-electron chi connectivity index (χ3n) is 6.42. The van der Waals surface area contributed by atoms with Gasteiger partial charge in [0, 0.05) is 29.2 Å². The molecule has 0 unspecified atom stereocenters. The molecule has 1 aliphatic heterocycles. The number of aromatic nitrogens is 3. The molecular weight excluding hydrogens is 458 g/mol. The van der Waals surface area contributed by atoms with Gasteiger partial charge in [0.2, 0.25) is 5.95 Å². The molecule has 2 aromatic heterocycles. The topological polar surface area (TPSA) is 107 Å². The second-order valence-electron chi connectivity index (χ2n) is 10.4. The van der Waals surface area contributed by atoms with Crippen molar-refractivity contribution in [3.8, 4) is 22.8 Å². The Labute approximate surface area is 211 Å². The number of rotatable bonds is 4. The van der Waals surface area contributed by atoms with E-state index in [4.69, 9.17) is 24.2 Å². The highest BCUT2D eigenvalue weighted by Gasteiger charge is 2.25. The normalized spacial score (nSPS) is 19.6. The van der Waals surface area contributed by atoms with Gasteiger partial charge in [0.25, 0.3) is 5.88 Å². The van der Waals surface area contributed by atoms with Gasteiger partial charge in [-0.2, -0.15) is 0 Å². The Morgan fingerprint density at radius 2 is 1.78 bits per heavy atom. The summed E-state index contributed by atoms with van der Waals surface area (Å²) in [7, 11) is 0. The third kappa shape index (κ3) is 5.45. The number of pyridine rings is 1. The standard InChI is InChI=1S/C27H33N5O4/c1-16-21-15-17(20-11-12-28-24-23(20)34-13-14-35-24)5-10-22(21)32-25(29-16)30-18-6-8-19(9-7-18)31-26(33)36-27(2,3)4/h5,10-12,15,18-19H,6-9,13-14H2,1-4H3,(H,31,33)(H,29,30,32)/t18-,19-. The van der Waals surface area contributed by atoms with E-state index in [2.05, 4.69) is 21.7 Å². The Hall–Kier alpha value is -3.62. The zero-order valence-electron chi connectivity index (χ0n) is 21.3. The lowest BCUT2D eigenvalue weighted by Crippen LogP contribution is -2.42. The summed E-state index contributed by atoms with van der Waals surface area (Å²) in [4.78, 5) is 25.9. The van der Waals surface area contributed by atoms with Crippen molar-refractivity contribution in [2.24, 2.45) is 0 Å². The molecule has 1 saturated carbocycles. The first-order chi connectivity index (χ1) is 17.2. The van der Waals surface area contributed by atoms with Crippen LogP contribution in [0.2, 0.25) is 0 Å². The maximum absolute atomic E-state index is 12.1. The first kappa shape index (κ1) is 24.1.